The summed E-state index contributed by atoms with van der Waals surface area (Å²) >= 11 is 0. The van der Waals surface area contributed by atoms with Crippen molar-refractivity contribution in [2.24, 2.45) is 0 Å². The van der Waals surface area contributed by atoms with Gasteiger partial charge in [-0.1, -0.05) is 6.07 Å². The number of rotatable bonds is 9. The van der Waals surface area contributed by atoms with Crippen LogP contribution >= 0.6 is 0 Å². The minimum atomic E-state index is -1.00. The standard InChI is InChI=1S/C28H24F2N6O4/c1-28(2,39)15-32-26-24-23(10-11-31-25(24)34-35-26)40-22-8-3-16(13-20(22)30)14-21(37)19-9-12-33-36(27(19)38)18-6-4-17(29)5-7-18/h3-13,39H,14-15H2,1-2H3,(H2,31,32,34,35). The fourth-order valence-corrected chi connectivity index (χ4v) is 3.96. The van der Waals surface area contributed by atoms with E-state index in [0.717, 1.165) is 10.7 Å². The Morgan fingerprint density at radius 3 is 2.58 bits per heavy atom. The van der Waals surface area contributed by atoms with Gasteiger partial charge in [-0.25, -0.2) is 13.8 Å². The van der Waals surface area contributed by atoms with Crippen molar-refractivity contribution in [3.05, 3.63) is 100 Å². The Bertz CT molecular complexity index is 1760. The van der Waals surface area contributed by atoms with E-state index in [1.54, 1.807) is 19.9 Å². The molecule has 0 amide bonds. The first-order chi connectivity index (χ1) is 19.1. The highest BCUT2D eigenvalue weighted by molar-refractivity contribution is 5.97. The molecule has 0 aliphatic rings. The second kappa shape index (κ2) is 10.7. The number of aromatic nitrogens is 5. The van der Waals surface area contributed by atoms with Crippen molar-refractivity contribution in [1.29, 1.82) is 0 Å². The molecule has 10 nitrogen and oxygen atoms in total. The van der Waals surface area contributed by atoms with Gasteiger partial charge in [0.05, 0.1) is 16.9 Å². The number of carbonyl (C=O) groups excluding carboxylic acids is 1. The lowest BCUT2D eigenvalue weighted by atomic mass is 10.0. The average molecular weight is 547 g/mol. The van der Waals surface area contributed by atoms with Crippen molar-refractivity contribution in [2.75, 3.05) is 11.9 Å². The number of aliphatic hydroxyl groups is 1. The van der Waals surface area contributed by atoms with E-state index in [4.69, 9.17) is 4.74 Å². The zero-order valence-electron chi connectivity index (χ0n) is 21.5. The number of pyridine rings is 1. The van der Waals surface area contributed by atoms with Gasteiger partial charge in [0, 0.05) is 31.4 Å². The molecule has 0 bridgehead atoms. The van der Waals surface area contributed by atoms with Crippen LogP contribution in [-0.4, -0.2) is 48.0 Å². The summed E-state index contributed by atoms with van der Waals surface area (Å²) in [6, 6.07) is 12.0. The zero-order chi connectivity index (χ0) is 28.4. The second-order valence-corrected chi connectivity index (χ2v) is 9.68. The van der Waals surface area contributed by atoms with Gasteiger partial charge in [0.2, 0.25) is 0 Å². The van der Waals surface area contributed by atoms with Crippen LogP contribution in [0.5, 0.6) is 11.5 Å². The molecule has 5 rings (SSSR count). The van der Waals surface area contributed by atoms with Crippen LogP contribution in [0.25, 0.3) is 16.7 Å². The molecule has 3 heterocycles. The maximum Gasteiger partial charge on any atom is 0.282 e. The van der Waals surface area contributed by atoms with Crippen molar-refractivity contribution < 1.29 is 23.4 Å². The molecule has 0 aliphatic carbocycles. The summed E-state index contributed by atoms with van der Waals surface area (Å²) in [5.41, 5.74) is -0.772. The number of hydrogen-bond acceptors (Lipinski definition) is 8. The van der Waals surface area contributed by atoms with Crippen LogP contribution in [0, 0.1) is 11.6 Å². The van der Waals surface area contributed by atoms with E-state index in [0.29, 0.717) is 28.1 Å². The highest BCUT2D eigenvalue weighted by Gasteiger charge is 2.19. The maximum absolute atomic E-state index is 15.1. The third-order valence-corrected chi connectivity index (χ3v) is 5.91. The van der Waals surface area contributed by atoms with E-state index in [2.05, 4.69) is 25.6 Å². The molecule has 0 unspecified atom stereocenters. The first kappa shape index (κ1) is 26.6. The summed E-state index contributed by atoms with van der Waals surface area (Å²) in [6.07, 6.45) is 2.53. The lowest BCUT2D eigenvalue weighted by Gasteiger charge is -2.17. The Hall–Kier alpha value is -4.97. The highest BCUT2D eigenvalue weighted by atomic mass is 19.1. The Balaban J connectivity index is 1.35. The number of hydrogen-bond donors (Lipinski definition) is 3. The summed E-state index contributed by atoms with van der Waals surface area (Å²) in [7, 11) is 0. The van der Waals surface area contributed by atoms with Gasteiger partial charge in [-0.3, -0.25) is 14.7 Å². The predicted molar refractivity (Wildman–Crippen MR) is 143 cm³/mol. The fourth-order valence-electron chi connectivity index (χ4n) is 3.96. The van der Waals surface area contributed by atoms with E-state index in [1.165, 1.54) is 54.9 Å². The Kier molecular flexibility index (Phi) is 7.09. The number of ketones is 1. The van der Waals surface area contributed by atoms with Crippen molar-refractivity contribution >= 4 is 22.6 Å². The topological polar surface area (TPSA) is 135 Å². The van der Waals surface area contributed by atoms with Crippen molar-refractivity contribution in [3.63, 3.8) is 0 Å². The highest BCUT2D eigenvalue weighted by Crippen LogP contribution is 2.34. The van der Waals surface area contributed by atoms with E-state index < -0.39 is 28.6 Å². The number of aromatic amines is 1. The molecular formula is C28H24F2N6O4. The largest absolute Gasteiger partial charge is 0.453 e. The molecule has 3 N–H and O–H groups in total. The number of nitrogens with zero attached hydrogens (tertiary/aromatic N) is 4. The van der Waals surface area contributed by atoms with Gasteiger partial charge >= 0.3 is 0 Å². The number of halogens is 2. The molecule has 0 saturated carbocycles. The number of nitrogens with one attached hydrogen (secondary N) is 2. The van der Waals surface area contributed by atoms with Crippen LogP contribution in [0.3, 0.4) is 0 Å². The summed E-state index contributed by atoms with van der Waals surface area (Å²) in [5, 5.41) is 24.4. The Morgan fingerprint density at radius 1 is 1.07 bits per heavy atom. The summed E-state index contributed by atoms with van der Waals surface area (Å²) in [5.74, 6) is -1.17. The summed E-state index contributed by atoms with van der Waals surface area (Å²) in [4.78, 5) is 30.0. The van der Waals surface area contributed by atoms with Gasteiger partial charge in [0.15, 0.2) is 28.8 Å². The SMILES string of the molecule is CC(C)(O)CNc1n[nH]c2nccc(Oc3ccc(CC(=O)c4ccnn(-c5ccc(F)cc5)c4=O)cc3F)c12. The molecule has 0 fully saturated rings. The Labute approximate surface area is 226 Å². The smallest absolute Gasteiger partial charge is 0.282 e. The van der Waals surface area contributed by atoms with Crippen molar-refractivity contribution in [2.45, 2.75) is 25.9 Å². The molecule has 40 heavy (non-hydrogen) atoms. The third-order valence-electron chi connectivity index (χ3n) is 5.91. The number of carbonyl (C=O) groups is 1. The molecular weight excluding hydrogens is 522 g/mol. The third kappa shape index (κ3) is 5.71. The summed E-state index contributed by atoms with van der Waals surface area (Å²) in [6.45, 7) is 3.48. The van der Waals surface area contributed by atoms with E-state index in [1.807, 2.05) is 0 Å². The molecule has 204 valence electrons. The number of benzene rings is 2. The van der Waals surface area contributed by atoms with Crippen LogP contribution in [0.4, 0.5) is 14.6 Å². The van der Waals surface area contributed by atoms with E-state index in [-0.39, 0.29) is 30.0 Å². The molecule has 2 aromatic carbocycles. The molecule has 0 radical (unpaired) electrons. The van der Waals surface area contributed by atoms with Crippen LogP contribution in [0.1, 0.15) is 29.8 Å². The zero-order valence-corrected chi connectivity index (χ0v) is 21.5. The lowest BCUT2D eigenvalue weighted by molar-refractivity contribution is 0.0943. The van der Waals surface area contributed by atoms with Gasteiger partial charge in [-0.2, -0.15) is 14.9 Å². The molecule has 0 atom stereocenters. The van der Waals surface area contributed by atoms with Crippen LogP contribution in [0.2, 0.25) is 0 Å². The normalized spacial score (nSPS) is 11.5. The monoisotopic (exact) mass is 546 g/mol. The van der Waals surface area contributed by atoms with Crippen LogP contribution in [0.15, 0.2) is 71.8 Å². The number of fused-ring (bicyclic) bond motifs is 1. The van der Waals surface area contributed by atoms with Gasteiger partial charge in [0.1, 0.15) is 17.0 Å². The van der Waals surface area contributed by atoms with Crippen molar-refractivity contribution in [1.82, 2.24) is 25.0 Å². The summed E-state index contributed by atoms with van der Waals surface area (Å²) < 4.78 is 35.2. The number of ether oxygens (including phenoxy) is 1. The molecule has 0 spiro atoms. The number of H-pyrrole nitrogens is 1. The van der Waals surface area contributed by atoms with Gasteiger partial charge in [0.25, 0.3) is 5.56 Å². The quantitative estimate of drug-likeness (QED) is 0.234. The van der Waals surface area contributed by atoms with Crippen LogP contribution in [-0.2, 0) is 6.42 Å². The minimum absolute atomic E-state index is 0.0964. The number of anilines is 1. The van der Waals surface area contributed by atoms with Gasteiger partial charge in [-0.05, 0) is 61.9 Å². The van der Waals surface area contributed by atoms with E-state index in [9.17, 15) is 19.1 Å². The molecule has 0 saturated heterocycles. The van der Waals surface area contributed by atoms with Crippen molar-refractivity contribution in [3.8, 4) is 17.2 Å². The van der Waals surface area contributed by atoms with Gasteiger partial charge < -0.3 is 15.2 Å². The molecule has 3 aromatic heterocycles. The lowest BCUT2D eigenvalue weighted by Crippen LogP contribution is -2.29. The molecule has 0 aliphatic heterocycles. The predicted octanol–water partition coefficient (Wildman–Crippen LogP) is 4.18. The number of Topliss-reactive ketones (excluding diaryl/α,β-unsaturated/α-hetero) is 1. The molecule has 5 aromatic rings. The minimum Gasteiger partial charge on any atom is -0.453 e. The molecule has 12 heteroatoms. The Morgan fingerprint density at radius 2 is 1.85 bits per heavy atom. The second-order valence-electron chi connectivity index (χ2n) is 9.68. The first-order valence-corrected chi connectivity index (χ1v) is 12.2. The average Bonchev–Trinajstić information content (AvgIpc) is 3.33. The first-order valence-electron chi connectivity index (χ1n) is 12.2. The van der Waals surface area contributed by atoms with Crippen LogP contribution < -0.4 is 15.6 Å². The maximum atomic E-state index is 15.1. The van der Waals surface area contributed by atoms with E-state index >= 15 is 4.39 Å². The van der Waals surface area contributed by atoms with Gasteiger partial charge in [-0.15, -0.1) is 0 Å². The fraction of sp³-hybridized carbons (Fsp3) is 0.179.